The van der Waals surface area contributed by atoms with Crippen LogP contribution >= 0.6 is 23.2 Å². The fourth-order valence-electron chi connectivity index (χ4n) is 3.69. The lowest BCUT2D eigenvalue weighted by molar-refractivity contribution is -0.119. The maximum absolute atomic E-state index is 13.8. The van der Waals surface area contributed by atoms with Crippen molar-refractivity contribution in [3.8, 4) is 0 Å². The van der Waals surface area contributed by atoms with E-state index in [1.54, 1.807) is 23.1 Å². The summed E-state index contributed by atoms with van der Waals surface area (Å²) in [5, 5.41) is 0.727. The van der Waals surface area contributed by atoms with Gasteiger partial charge in [-0.05, 0) is 48.7 Å². The number of carbonyl (C=O) groups is 1. The summed E-state index contributed by atoms with van der Waals surface area (Å²) in [6.07, 6.45) is 1.15. The monoisotopic (exact) mass is 382 g/mol. The van der Waals surface area contributed by atoms with Gasteiger partial charge in [0.2, 0.25) is 5.91 Å². The Morgan fingerprint density at radius 1 is 1.00 bits per heavy atom. The first-order valence-electron chi connectivity index (χ1n) is 7.96. The van der Waals surface area contributed by atoms with Crippen LogP contribution in [0.5, 0.6) is 0 Å². The molecule has 130 valence electrons. The number of hydrogen-bond acceptors (Lipinski definition) is 2. The van der Waals surface area contributed by atoms with Gasteiger partial charge in [0.15, 0.2) is 11.6 Å². The fourth-order valence-corrected chi connectivity index (χ4v) is 3.99. The van der Waals surface area contributed by atoms with E-state index in [1.807, 2.05) is 4.90 Å². The van der Waals surface area contributed by atoms with E-state index in [9.17, 15) is 13.6 Å². The van der Waals surface area contributed by atoms with Gasteiger partial charge in [-0.2, -0.15) is 0 Å². The van der Waals surface area contributed by atoms with Crippen molar-refractivity contribution >= 4 is 34.8 Å². The molecule has 0 radical (unpaired) electrons. The summed E-state index contributed by atoms with van der Waals surface area (Å²) < 4.78 is 27.1. The Balaban J connectivity index is 1.83. The van der Waals surface area contributed by atoms with Crippen molar-refractivity contribution in [1.29, 1.82) is 0 Å². The molecule has 7 heteroatoms. The molecular weight excluding hydrogens is 369 g/mol. The second kappa shape index (κ2) is 6.24. The molecule has 3 nitrogen and oxygen atoms in total. The molecule has 0 N–H and O–H groups in total. The Hall–Kier alpha value is -1.69. The molecule has 25 heavy (non-hydrogen) atoms. The number of fused-ring (bicyclic) bond motifs is 1. The third-order valence-corrected chi connectivity index (χ3v) is 5.54. The zero-order valence-electron chi connectivity index (χ0n) is 13.1. The molecule has 0 spiro atoms. The van der Waals surface area contributed by atoms with E-state index in [-0.39, 0.29) is 11.9 Å². The van der Waals surface area contributed by atoms with Gasteiger partial charge in [0.1, 0.15) is 6.17 Å². The van der Waals surface area contributed by atoms with E-state index in [2.05, 4.69) is 0 Å². The maximum Gasteiger partial charge on any atom is 0.246 e. The van der Waals surface area contributed by atoms with Crippen LogP contribution in [0.15, 0.2) is 36.4 Å². The predicted octanol–water partition coefficient (Wildman–Crippen LogP) is 4.78. The molecule has 2 atom stereocenters. The van der Waals surface area contributed by atoms with Gasteiger partial charge in [0.05, 0.1) is 16.1 Å². The largest absolute Gasteiger partial charge is 0.290 e. The summed E-state index contributed by atoms with van der Waals surface area (Å²) in [5.74, 6) is -1.90. The molecule has 2 heterocycles. The van der Waals surface area contributed by atoms with Gasteiger partial charge in [-0.15, -0.1) is 0 Å². The lowest BCUT2D eigenvalue weighted by Crippen LogP contribution is -2.32. The van der Waals surface area contributed by atoms with Crippen LogP contribution in [0.4, 0.5) is 14.5 Å². The van der Waals surface area contributed by atoms with Crippen molar-refractivity contribution in [3.63, 3.8) is 0 Å². The van der Waals surface area contributed by atoms with Gasteiger partial charge in [0.25, 0.3) is 0 Å². The average molecular weight is 383 g/mol. The first kappa shape index (κ1) is 16.8. The second-order valence-electron chi connectivity index (χ2n) is 6.25. The Labute approximate surface area is 153 Å². The Kier molecular flexibility index (Phi) is 4.18. The van der Waals surface area contributed by atoms with E-state index in [4.69, 9.17) is 23.2 Å². The summed E-state index contributed by atoms with van der Waals surface area (Å²) in [6.45, 7) is 0.720. The summed E-state index contributed by atoms with van der Waals surface area (Å²) in [6, 6.07) is 8.45. The van der Waals surface area contributed by atoms with E-state index in [0.29, 0.717) is 21.3 Å². The summed E-state index contributed by atoms with van der Waals surface area (Å²) in [7, 11) is 0. The van der Waals surface area contributed by atoms with Gasteiger partial charge in [0, 0.05) is 12.2 Å². The third-order valence-electron chi connectivity index (χ3n) is 4.80. The van der Waals surface area contributed by atoms with Crippen molar-refractivity contribution in [2.45, 2.75) is 25.0 Å². The topological polar surface area (TPSA) is 23.6 Å². The third kappa shape index (κ3) is 2.71. The lowest BCUT2D eigenvalue weighted by Gasteiger charge is -2.30. The maximum atomic E-state index is 13.8. The van der Waals surface area contributed by atoms with Crippen molar-refractivity contribution in [2.24, 2.45) is 0 Å². The van der Waals surface area contributed by atoms with E-state index in [1.165, 1.54) is 6.07 Å². The molecule has 2 aromatic rings. The lowest BCUT2D eigenvalue weighted by atomic mass is 10.1. The molecule has 2 aliphatic heterocycles. The van der Waals surface area contributed by atoms with Crippen LogP contribution in [-0.2, 0) is 4.79 Å². The average Bonchev–Trinajstić information content (AvgIpc) is 3.15. The molecule has 0 bridgehead atoms. The summed E-state index contributed by atoms with van der Waals surface area (Å²) in [5.41, 5.74) is 1.12. The normalized spacial score (nSPS) is 23.4. The first-order valence-corrected chi connectivity index (χ1v) is 8.72. The second-order valence-corrected chi connectivity index (χ2v) is 7.06. The zero-order chi connectivity index (χ0) is 17.7. The zero-order valence-corrected chi connectivity index (χ0v) is 14.6. The number of hydrogen-bond donors (Lipinski definition) is 0. The minimum Gasteiger partial charge on any atom is -0.290 e. The number of anilines is 1. The van der Waals surface area contributed by atoms with E-state index in [0.717, 1.165) is 31.5 Å². The van der Waals surface area contributed by atoms with Crippen molar-refractivity contribution in [1.82, 2.24) is 4.90 Å². The smallest absolute Gasteiger partial charge is 0.246 e. The molecule has 0 aliphatic carbocycles. The SMILES string of the molecule is O=C1[C@@H]2CCCN2[C@@H](c2ccc(F)c(F)c2)N1c1ccc(Cl)c(Cl)c1. The molecule has 2 fully saturated rings. The number of benzene rings is 2. The number of nitrogens with zero attached hydrogens (tertiary/aromatic N) is 2. The van der Waals surface area contributed by atoms with Crippen LogP contribution in [0.2, 0.25) is 10.0 Å². The minimum absolute atomic E-state index is 0.0642. The van der Waals surface area contributed by atoms with Gasteiger partial charge >= 0.3 is 0 Å². The summed E-state index contributed by atoms with van der Waals surface area (Å²) in [4.78, 5) is 16.6. The van der Waals surface area contributed by atoms with E-state index < -0.39 is 17.8 Å². The van der Waals surface area contributed by atoms with Crippen LogP contribution in [0, 0.1) is 11.6 Å². The van der Waals surface area contributed by atoms with Crippen LogP contribution in [0.3, 0.4) is 0 Å². The quantitative estimate of drug-likeness (QED) is 0.745. The van der Waals surface area contributed by atoms with Crippen LogP contribution in [0.1, 0.15) is 24.6 Å². The van der Waals surface area contributed by atoms with Gasteiger partial charge in [-0.3, -0.25) is 14.6 Å². The molecule has 2 aliphatic rings. The number of halogens is 4. The van der Waals surface area contributed by atoms with Crippen molar-refractivity contribution in [2.75, 3.05) is 11.4 Å². The molecule has 2 saturated heterocycles. The standard InChI is InChI=1S/C18H14Cl2F2N2O/c19-12-5-4-11(9-13(12)20)24-17(10-3-6-14(21)15(22)8-10)23-7-1-2-16(23)18(24)25/h3-6,8-9,16-17H,1-2,7H2/t16-,17+/m0/s1. The number of rotatable bonds is 2. The van der Waals surface area contributed by atoms with Crippen LogP contribution < -0.4 is 4.90 Å². The number of amides is 1. The van der Waals surface area contributed by atoms with Crippen molar-refractivity contribution in [3.05, 3.63) is 63.6 Å². The molecular formula is C18H14Cl2F2N2O. The molecule has 0 unspecified atom stereocenters. The van der Waals surface area contributed by atoms with Gasteiger partial charge in [-0.1, -0.05) is 29.3 Å². The van der Waals surface area contributed by atoms with Crippen molar-refractivity contribution < 1.29 is 13.6 Å². The highest BCUT2D eigenvalue weighted by molar-refractivity contribution is 6.42. The Morgan fingerprint density at radius 2 is 1.80 bits per heavy atom. The fraction of sp³-hybridized carbons (Fsp3) is 0.278. The molecule has 2 aromatic carbocycles. The first-order chi connectivity index (χ1) is 12.0. The molecule has 0 aromatic heterocycles. The van der Waals surface area contributed by atoms with E-state index >= 15 is 0 Å². The van der Waals surface area contributed by atoms with Crippen LogP contribution in [-0.4, -0.2) is 23.4 Å². The highest BCUT2D eigenvalue weighted by atomic mass is 35.5. The Morgan fingerprint density at radius 3 is 2.52 bits per heavy atom. The summed E-state index contributed by atoms with van der Waals surface area (Å²) >= 11 is 12.1. The van der Waals surface area contributed by atoms with Crippen LogP contribution in [0.25, 0.3) is 0 Å². The molecule has 1 amide bonds. The predicted molar refractivity (Wildman–Crippen MR) is 92.8 cm³/mol. The highest BCUT2D eigenvalue weighted by Crippen LogP contribution is 2.43. The number of carbonyl (C=O) groups excluding carboxylic acids is 1. The molecule has 4 rings (SSSR count). The Bertz CT molecular complexity index is 861. The minimum atomic E-state index is -0.929. The molecule has 0 saturated carbocycles. The highest BCUT2D eigenvalue weighted by Gasteiger charge is 2.49. The van der Waals surface area contributed by atoms with Gasteiger partial charge in [-0.25, -0.2) is 8.78 Å². The van der Waals surface area contributed by atoms with Gasteiger partial charge < -0.3 is 0 Å².